The van der Waals surface area contributed by atoms with E-state index in [0.29, 0.717) is 12.1 Å². The Bertz CT molecular complexity index is 567. The second-order valence-corrected chi connectivity index (χ2v) is 4.92. The summed E-state index contributed by atoms with van der Waals surface area (Å²) in [7, 11) is 0. The van der Waals surface area contributed by atoms with E-state index in [9.17, 15) is 4.79 Å². The highest BCUT2D eigenvalue weighted by Crippen LogP contribution is 2.18. The highest BCUT2D eigenvalue weighted by Gasteiger charge is 2.08. The number of thioether (sulfide) groups is 1. The summed E-state index contributed by atoms with van der Waals surface area (Å²) in [6.07, 6.45) is 2.01. The van der Waals surface area contributed by atoms with Crippen molar-refractivity contribution in [1.29, 1.82) is 0 Å². The van der Waals surface area contributed by atoms with Crippen molar-refractivity contribution in [1.82, 2.24) is 0 Å². The van der Waals surface area contributed by atoms with E-state index < -0.39 is 0 Å². The van der Waals surface area contributed by atoms with Crippen LogP contribution in [0.1, 0.15) is 15.9 Å². The summed E-state index contributed by atoms with van der Waals surface area (Å²) in [6, 6.07) is 15.1. The molecular weight excluding hydrogens is 256 g/mol. The van der Waals surface area contributed by atoms with Crippen LogP contribution in [0.3, 0.4) is 0 Å². The average Bonchev–Trinajstić information content (AvgIpc) is 2.48. The summed E-state index contributed by atoms with van der Waals surface area (Å²) in [5.41, 5.74) is 7.99. The van der Waals surface area contributed by atoms with Gasteiger partial charge in [-0.2, -0.15) is 0 Å². The number of carbonyl (C=O) groups excluding carboxylic acids is 1. The van der Waals surface area contributed by atoms with Crippen LogP contribution in [0.25, 0.3) is 0 Å². The Morgan fingerprint density at radius 2 is 1.84 bits per heavy atom. The van der Waals surface area contributed by atoms with Crippen molar-refractivity contribution < 1.29 is 4.79 Å². The molecule has 1 amide bonds. The first-order valence-corrected chi connectivity index (χ1v) is 7.20. The van der Waals surface area contributed by atoms with Crippen molar-refractivity contribution in [3.8, 4) is 0 Å². The highest BCUT2D eigenvalue weighted by molar-refractivity contribution is 7.98. The van der Waals surface area contributed by atoms with Crippen molar-refractivity contribution in [2.75, 3.05) is 11.6 Å². The Balaban J connectivity index is 2.16. The molecule has 0 saturated carbocycles. The maximum atomic E-state index is 12.1. The van der Waals surface area contributed by atoms with Gasteiger partial charge in [-0.25, -0.2) is 0 Å². The first-order valence-electron chi connectivity index (χ1n) is 5.98. The lowest BCUT2D eigenvalue weighted by atomic mass is 10.1. The predicted octanol–water partition coefficient (Wildman–Crippen LogP) is 3.12. The minimum absolute atomic E-state index is 0.117. The Kier molecular flexibility index (Phi) is 4.60. The van der Waals surface area contributed by atoms with Crippen molar-refractivity contribution in [2.45, 2.75) is 11.4 Å². The quantitative estimate of drug-likeness (QED) is 0.841. The molecule has 4 heteroatoms. The lowest BCUT2D eigenvalue weighted by molar-refractivity contribution is 0.102. The zero-order valence-corrected chi connectivity index (χ0v) is 11.5. The predicted molar refractivity (Wildman–Crippen MR) is 80.5 cm³/mol. The van der Waals surface area contributed by atoms with E-state index in [1.54, 1.807) is 11.8 Å². The standard InChI is InChI=1S/C15H16N2OS/c1-19-13-8-6-11(7-9-13)15(18)17-14-5-3-2-4-12(14)10-16/h2-9H,10,16H2,1H3,(H,17,18). The first-order chi connectivity index (χ1) is 9.24. The maximum absolute atomic E-state index is 12.1. The Morgan fingerprint density at radius 3 is 2.47 bits per heavy atom. The molecule has 0 unspecified atom stereocenters. The molecule has 3 nitrogen and oxygen atoms in total. The van der Waals surface area contributed by atoms with Crippen LogP contribution >= 0.6 is 11.8 Å². The van der Waals surface area contributed by atoms with Crippen molar-refractivity contribution in [2.24, 2.45) is 5.73 Å². The summed E-state index contributed by atoms with van der Waals surface area (Å²) in [6.45, 7) is 0.405. The third-order valence-electron chi connectivity index (χ3n) is 2.84. The molecule has 0 aliphatic carbocycles. The first kappa shape index (κ1) is 13.6. The molecule has 2 aromatic carbocycles. The van der Waals surface area contributed by atoms with Crippen LogP contribution in [0, 0.1) is 0 Å². The lowest BCUT2D eigenvalue weighted by Gasteiger charge is -2.09. The third-order valence-corrected chi connectivity index (χ3v) is 3.58. The van der Waals surface area contributed by atoms with E-state index in [1.807, 2.05) is 54.8 Å². The van der Waals surface area contributed by atoms with Crippen molar-refractivity contribution >= 4 is 23.4 Å². The fourth-order valence-corrected chi connectivity index (χ4v) is 2.17. The van der Waals surface area contributed by atoms with E-state index in [-0.39, 0.29) is 5.91 Å². The number of nitrogens with two attached hydrogens (primary N) is 1. The third kappa shape index (κ3) is 3.36. The summed E-state index contributed by atoms with van der Waals surface area (Å²) < 4.78 is 0. The molecule has 2 aromatic rings. The minimum atomic E-state index is -0.117. The molecule has 98 valence electrons. The van der Waals surface area contributed by atoms with Crippen LogP contribution in [0.15, 0.2) is 53.4 Å². The van der Waals surface area contributed by atoms with Gasteiger partial charge in [0.15, 0.2) is 0 Å². The van der Waals surface area contributed by atoms with Gasteiger partial charge in [-0.1, -0.05) is 18.2 Å². The van der Waals surface area contributed by atoms with Gasteiger partial charge in [0.1, 0.15) is 0 Å². The molecule has 0 spiro atoms. The molecule has 0 aliphatic rings. The van der Waals surface area contributed by atoms with Gasteiger partial charge in [0, 0.05) is 22.7 Å². The van der Waals surface area contributed by atoms with Crippen LogP contribution in [0.5, 0.6) is 0 Å². The molecule has 0 heterocycles. The number of hydrogen-bond donors (Lipinski definition) is 2. The zero-order chi connectivity index (χ0) is 13.7. The molecular formula is C15H16N2OS. The number of hydrogen-bond acceptors (Lipinski definition) is 3. The van der Waals surface area contributed by atoms with E-state index >= 15 is 0 Å². The molecule has 0 aromatic heterocycles. The van der Waals surface area contributed by atoms with E-state index in [2.05, 4.69) is 5.32 Å². The molecule has 0 radical (unpaired) electrons. The van der Waals surface area contributed by atoms with Crippen LogP contribution in [-0.4, -0.2) is 12.2 Å². The SMILES string of the molecule is CSc1ccc(C(=O)Nc2ccccc2CN)cc1. The number of amides is 1. The fourth-order valence-electron chi connectivity index (χ4n) is 1.76. The number of carbonyl (C=O) groups is 1. The Labute approximate surface area is 117 Å². The zero-order valence-electron chi connectivity index (χ0n) is 10.7. The summed E-state index contributed by atoms with van der Waals surface area (Å²) in [5, 5.41) is 2.89. The second kappa shape index (κ2) is 6.41. The molecule has 0 atom stereocenters. The van der Waals surface area contributed by atoms with Crippen LogP contribution in [0.4, 0.5) is 5.69 Å². The molecule has 0 fully saturated rings. The van der Waals surface area contributed by atoms with Gasteiger partial charge >= 0.3 is 0 Å². The number of nitrogens with one attached hydrogen (secondary N) is 1. The summed E-state index contributed by atoms with van der Waals surface area (Å²) in [5.74, 6) is -0.117. The smallest absolute Gasteiger partial charge is 0.255 e. The maximum Gasteiger partial charge on any atom is 0.255 e. The number of para-hydroxylation sites is 1. The second-order valence-electron chi connectivity index (χ2n) is 4.04. The molecule has 19 heavy (non-hydrogen) atoms. The highest BCUT2D eigenvalue weighted by atomic mass is 32.2. The van der Waals surface area contributed by atoms with Crippen LogP contribution < -0.4 is 11.1 Å². The van der Waals surface area contributed by atoms with Crippen LogP contribution in [-0.2, 0) is 6.54 Å². The van der Waals surface area contributed by atoms with Gasteiger partial charge < -0.3 is 11.1 Å². The normalized spacial score (nSPS) is 10.2. The Morgan fingerprint density at radius 1 is 1.16 bits per heavy atom. The topological polar surface area (TPSA) is 55.1 Å². The van der Waals surface area contributed by atoms with E-state index in [0.717, 1.165) is 16.1 Å². The Hall–Kier alpha value is -1.78. The molecule has 0 bridgehead atoms. The van der Waals surface area contributed by atoms with Crippen molar-refractivity contribution in [3.63, 3.8) is 0 Å². The molecule has 0 aliphatic heterocycles. The van der Waals surface area contributed by atoms with E-state index in [1.165, 1.54) is 0 Å². The molecule has 0 saturated heterocycles. The van der Waals surface area contributed by atoms with E-state index in [4.69, 9.17) is 5.73 Å². The minimum Gasteiger partial charge on any atom is -0.326 e. The largest absolute Gasteiger partial charge is 0.326 e. The van der Waals surface area contributed by atoms with Crippen LogP contribution in [0.2, 0.25) is 0 Å². The van der Waals surface area contributed by atoms with Gasteiger partial charge in [0.25, 0.3) is 5.91 Å². The summed E-state index contributed by atoms with van der Waals surface area (Å²) >= 11 is 1.65. The number of anilines is 1. The summed E-state index contributed by atoms with van der Waals surface area (Å²) in [4.78, 5) is 13.3. The lowest BCUT2D eigenvalue weighted by Crippen LogP contribution is -2.14. The molecule has 2 rings (SSSR count). The number of rotatable bonds is 4. The van der Waals surface area contributed by atoms with Crippen molar-refractivity contribution in [3.05, 3.63) is 59.7 Å². The monoisotopic (exact) mass is 272 g/mol. The van der Waals surface area contributed by atoms with Gasteiger partial charge in [-0.05, 0) is 42.2 Å². The average molecular weight is 272 g/mol. The molecule has 3 N–H and O–H groups in total. The van der Waals surface area contributed by atoms with Gasteiger partial charge in [0.05, 0.1) is 0 Å². The van der Waals surface area contributed by atoms with Gasteiger partial charge in [0.2, 0.25) is 0 Å². The number of benzene rings is 2. The fraction of sp³-hybridized carbons (Fsp3) is 0.133. The van der Waals surface area contributed by atoms with Gasteiger partial charge in [-0.3, -0.25) is 4.79 Å². The van der Waals surface area contributed by atoms with Gasteiger partial charge in [-0.15, -0.1) is 11.8 Å².